The summed E-state index contributed by atoms with van der Waals surface area (Å²) in [6.07, 6.45) is 0. The van der Waals surface area contributed by atoms with Crippen LogP contribution in [0.1, 0.15) is 0 Å². The van der Waals surface area contributed by atoms with Gasteiger partial charge in [-0.3, -0.25) is 0 Å². The van der Waals surface area contributed by atoms with E-state index in [1.54, 1.807) is 0 Å². The fourth-order valence-electron chi connectivity index (χ4n) is 0. The molecule has 0 radical (unpaired) electrons. The van der Waals surface area contributed by atoms with E-state index in [0.29, 0.717) is 0 Å². The van der Waals surface area contributed by atoms with Crippen molar-refractivity contribution in [2.75, 3.05) is 0 Å². The second-order valence-corrected chi connectivity index (χ2v) is 0.327. The monoisotopic (exact) mass is 694 g/mol. The SMILES string of the molecule is O.O=NO.O=NO.O=NO.O=NO.[Cs+].[Cs+].[N-]=O.[Os]. The maximum atomic E-state index is 8.11. The largest absolute Gasteiger partial charge is 1.00 e. The summed E-state index contributed by atoms with van der Waals surface area (Å²) in [6.45, 7) is 0. The van der Waals surface area contributed by atoms with Crippen LogP contribution in [0.25, 0.3) is 5.59 Å². The normalized spacial score (nSPS) is 2.89. The molecule has 0 rings (SSSR count). The minimum atomic E-state index is 0. The molecule has 0 aliphatic heterocycles. The topological polar surface area (TPSA) is 270 Å². The van der Waals surface area contributed by atoms with Gasteiger partial charge in [-0.1, -0.05) is 0 Å². The number of hydrogen-bond donors (Lipinski definition) is 4. The Bertz CT molecular complexity index is 92.4. The standard InChI is InChI=1S/2Cs.4HNO2.NO.H2O.Os/c;;4*2-1-3;1-2;;/h;;4*(H,2,3);;1H2;/q2*+1;;;;;-1;;. The van der Waals surface area contributed by atoms with Crippen molar-refractivity contribution in [3.05, 3.63) is 30.1 Å². The van der Waals surface area contributed by atoms with Crippen LogP contribution >= 0.6 is 0 Å². The van der Waals surface area contributed by atoms with Crippen molar-refractivity contribution in [1.82, 2.24) is 0 Å². The summed E-state index contributed by atoms with van der Waals surface area (Å²) in [6, 6.07) is 0. The van der Waals surface area contributed by atoms with Crippen LogP contribution in [0.2, 0.25) is 0 Å². The summed E-state index contributed by atoms with van der Waals surface area (Å²) in [7, 11) is 0. The van der Waals surface area contributed by atoms with Crippen LogP contribution in [0.15, 0.2) is 21.4 Å². The van der Waals surface area contributed by atoms with Gasteiger partial charge < -0.3 is 36.8 Å². The molecule has 0 aliphatic rings. The second kappa shape index (κ2) is 174. The Morgan fingerprint density at radius 3 is 0.611 bits per heavy atom. The smallest absolute Gasteiger partial charge is 0.577 e. The molecule has 0 aromatic rings. The molecule has 18 heavy (non-hydrogen) atoms. The summed E-state index contributed by atoms with van der Waals surface area (Å²) in [4.78, 5) is 39.7. The molecule has 0 bridgehead atoms. The van der Waals surface area contributed by atoms with Gasteiger partial charge in [-0.15, -0.1) is 19.6 Å². The second-order valence-electron chi connectivity index (χ2n) is 0.327. The van der Waals surface area contributed by atoms with Crippen LogP contribution in [0, 0.1) is 24.5 Å². The summed E-state index contributed by atoms with van der Waals surface area (Å²) in [5.74, 6) is 0. The molecule has 6 N–H and O–H groups in total. The minimum Gasteiger partial charge on any atom is -0.577 e. The summed E-state index contributed by atoms with van der Waals surface area (Å²) < 4.78 is 0. The van der Waals surface area contributed by atoms with Gasteiger partial charge in [0, 0.05) is 19.8 Å². The van der Waals surface area contributed by atoms with E-state index in [0.717, 1.165) is 0 Å². The molecule has 18 heteroatoms. The molecule has 15 nitrogen and oxygen atoms in total. The maximum Gasteiger partial charge on any atom is 1.00 e. The predicted molar refractivity (Wildman–Crippen MR) is 40.7 cm³/mol. The van der Waals surface area contributed by atoms with E-state index in [9.17, 15) is 0 Å². The van der Waals surface area contributed by atoms with Gasteiger partial charge in [0.1, 0.15) is 0 Å². The molecule has 0 saturated carbocycles. The average Bonchev–Trinajstić information content (AvgIpc) is 2.12. The quantitative estimate of drug-likeness (QED) is 0.139. The van der Waals surface area contributed by atoms with Crippen LogP contribution in [0.5, 0.6) is 0 Å². The van der Waals surface area contributed by atoms with E-state index in [2.05, 4.69) is 0 Å². The van der Waals surface area contributed by atoms with E-state index in [-0.39, 0.29) is 163 Å². The molecule has 0 spiro atoms. The van der Waals surface area contributed by atoms with Gasteiger partial charge in [-0.25, -0.2) is 0 Å². The first kappa shape index (κ1) is 59.8. The van der Waals surface area contributed by atoms with Gasteiger partial charge in [0.2, 0.25) is 0 Å². The Morgan fingerprint density at radius 1 is 0.611 bits per heavy atom. The van der Waals surface area contributed by atoms with Gasteiger partial charge >= 0.3 is 138 Å². The Morgan fingerprint density at radius 2 is 0.611 bits per heavy atom. The van der Waals surface area contributed by atoms with Crippen LogP contribution in [-0.2, 0) is 19.8 Å². The van der Waals surface area contributed by atoms with Crippen LogP contribution in [-0.4, -0.2) is 26.3 Å². The van der Waals surface area contributed by atoms with E-state index in [1.807, 2.05) is 0 Å². The third-order valence-corrected chi connectivity index (χ3v) is 0. The van der Waals surface area contributed by atoms with Crippen molar-refractivity contribution in [2.24, 2.45) is 21.4 Å². The van der Waals surface area contributed by atoms with Crippen molar-refractivity contribution in [1.29, 1.82) is 0 Å². The number of hydrogen-bond acceptors (Lipinski definition) is 9. The Labute approximate surface area is 229 Å². The van der Waals surface area contributed by atoms with E-state index < -0.39 is 0 Å². The number of nitrogens with zero attached hydrogens (tertiary/aromatic N) is 5. The van der Waals surface area contributed by atoms with E-state index >= 15 is 0 Å². The molecule has 0 saturated heterocycles. The van der Waals surface area contributed by atoms with Gasteiger partial charge in [-0.05, 0) is 0 Å². The molecule has 0 heterocycles. The molecule has 0 aromatic heterocycles. The summed E-state index contributed by atoms with van der Waals surface area (Å²) in [5.41, 5.74) is 5.75. The number of rotatable bonds is 0. The van der Waals surface area contributed by atoms with Gasteiger partial charge in [-0.2, -0.15) is 0 Å². The third kappa shape index (κ3) is 1420. The van der Waals surface area contributed by atoms with Crippen LogP contribution < -0.4 is 138 Å². The van der Waals surface area contributed by atoms with Gasteiger partial charge in [0.25, 0.3) is 0 Å². The fraction of sp³-hybridized carbons (Fsp3) is 0. The Balaban J connectivity index is -0.00000000766. The van der Waals surface area contributed by atoms with Crippen molar-refractivity contribution in [3.8, 4) is 0 Å². The molecular weight excluding hydrogens is 686 g/mol. The molecule has 100 valence electrons. The van der Waals surface area contributed by atoms with Gasteiger partial charge in [0.05, 0.1) is 0 Å². The molecular formula is H6Cs2N5O10Os+. The third-order valence-electron chi connectivity index (χ3n) is 0. The van der Waals surface area contributed by atoms with Crippen LogP contribution in [0.4, 0.5) is 0 Å². The molecule has 0 unspecified atom stereocenters. The summed E-state index contributed by atoms with van der Waals surface area (Å²) in [5, 5.41) is 31.6. The first-order valence-electron chi connectivity index (χ1n) is 1.71. The predicted octanol–water partition coefficient (Wildman–Crippen LogP) is -5.93. The molecule has 0 aliphatic carbocycles. The molecule has 0 aromatic carbocycles. The maximum absolute atomic E-state index is 8.11. The average molecular weight is 692 g/mol. The van der Waals surface area contributed by atoms with Crippen LogP contribution in [0.3, 0.4) is 0 Å². The van der Waals surface area contributed by atoms with Crippen molar-refractivity contribution in [3.63, 3.8) is 0 Å². The zero-order chi connectivity index (χ0) is 12.8. The first-order chi connectivity index (χ1) is 6.66. The first-order valence-corrected chi connectivity index (χ1v) is 1.71. The van der Waals surface area contributed by atoms with Crippen molar-refractivity contribution in [2.45, 2.75) is 0 Å². The minimum absolute atomic E-state index is 0. The van der Waals surface area contributed by atoms with E-state index in [4.69, 9.17) is 51.0 Å². The molecule has 0 amide bonds. The summed E-state index contributed by atoms with van der Waals surface area (Å²) >= 11 is 0. The fourth-order valence-corrected chi connectivity index (χ4v) is 0. The Kier molecular flexibility index (Phi) is 578. The van der Waals surface area contributed by atoms with Crippen molar-refractivity contribution < 1.29 is 184 Å². The number of nitroso groups, excluding NO2 is 1. The molecule has 0 atom stereocenters. The van der Waals surface area contributed by atoms with Crippen molar-refractivity contribution >= 4 is 0 Å². The van der Waals surface area contributed by atoms with E-state index in [1.165, 1.54) is 21.4 Å². The van der Waals surface area contributed by atoms with Gasteiger partial charge in [0.15, 0.2) is 21.4 Å². The Hall–Kier alpha value is 1.90. The zero-order valence-electron chi connectivity index (χ0n) is 8.92. The molecule has 0 fully saturated rings. The zero-order valence-corrected chi connectivity index (χ0v) is 24.0.